The molecular weight excluding hydrogens is 357 g/mol. The third-order valence-corrected chi connectivity index (χ3v) is 5.14. The number of urea groups is 1. The molecule has 2 aromatic rings. The van der Waals surface area contributed by atoms with Gasteiger partial charge in [-0.2, -0.15) is 0 Å². The number of hydrogen-bond acceptors (Lipinski definition) is 3. The van der Waals surface area contributed by atoms with Crippen molar-refractivity contribution in [3.8, 4) is 0 Å². The average molecular weight is 383 g/mol. The van der Waals surface area contributed by atoms with E-state index in [0.717, 1.165) is 25.2 Å². The van der Waals surface area contributed by atoms with Crippen LogP contribution in [0.3, 0.4) is 0 Å². The Labute approximate surface area is 165 Å². The SMILES string of the molecule is CCN1CCN(C(=O)N(Cc2ccc(C(C)=O)cc2)c2cccc(F)c2)CC1. The van der Waals surface area contributed by atoms with Gasteiger partial charge >= 0.3 is 6.03 Å². The molecule has 3 rings (SSSR count). The molecule has 0 bridgehead atoms. The van der Waals surface area contributed by atoms with Crippen LogP contribution in [0.15, 0.2) is 48.5 Å². The molecule has 0 saturated carbocycles. The van der Waals surface area contributed by atoms with Crippen LogP contribution >= 0.6 is 0 Å². The van der Waals surface area contributed by atoms with Gasteiger partial charge in [-0.05, 0) is 37.2 Å². The molecule has 2 amide bonds. The second-order valence-corrected chi connectivity index (χ2v) is 7.02. The fraction of sp³-hybridized carbons (Fsp3) is 0.364. The molecule has 1 aliphatic heterocycles. The molecule has 0 atom stereocenters. The Hall–Kier alpha value is -2.73. The summed E-state index contributed by atoms with van der Waals surface area (Å²) >= 11 is 0. The van der Waals surface area contributed by atoms with Crippen molar-refractivity contribution in [1.82, 2.24) is 9.80 Å². The number of carbonyl (C=O) groups excluding carboxylic acids is 2. The van der Waals surface area contributed by atoms with Crippen molar-refractivity contribution in [2.24, 2.45) is 0 Å². The number of rotatable bonds is 5. The summed E-state index contributed by atoms with van der Waals surface area (Å²) in [6.45, 7) is 7.91. The number of piperazine rings is 1. The van der Waals surface area contributed by atoms with E-state index < -0.39 is 0 Å². The van der Waals surface area contributed by atoms with Gasteiger partial charge in [0.15, 0.2) is 5.78 Å². The number of likely N-dealkylation sites (N-methyl/N-ethyl adjacent to an activating group) is 1. The number of anilines is 1. The topological polar surface area (TPSA) is 43.9 Å². The Morgan fingerprint density at radius 2 is 1.71 bits per heavy atom. The summed E-state index contributed by atoms with van der Waals surface area (Å²) in [5.74, 6) is -0.378. The molecule has 1 aliphatic rings. The van der Waals surface area contributed by atoms with Gasteiger partial charge in [-0.3, -0.25) is 9.69 Å². The molecule has 0 N–H and O–H groups in total. The Bertz CT molecular complexity index is 830. The van der Waals surface area contributed by atoms with Gasteiger partial charge in [0.25, 0.3) is 0 Å². The van der Waals surface area contributed by atoms with Crippen molar-refractivity contribution in [1.29, 1.82) is 0 Å². The van der Waals surface area contributed by atoms with E-state index in [4.69, 9.17) is 0 Å². The van der Waals surface area contributed by atoms with Gasteiger partial charge in [-0.25, -0.2) is 9.18 Å². The lowest BCUT2D eigenvalue weighted by molar-refractivity contribution is 0.101. The average Bonchev–Trinajstić information content (AvgIpc) is 2.72. The maximum atomic E-state index is 13.8. The molecule has 0 aromatic heterocycles. The molecule has 0 unspecified atom stereocenters. The van der Waals surface area contributed by atoms with Crippen molar-refractivity contribution in [3.05, 3.63) is 65.5 Å². The molecule has 1 heterocycles. The highest BCUT2D eigenvalue weighted by atomic mass is 19.1. The molecule has 28 heavy (non-hydrogen) atoms. The summed E-state index contributed by atoms with van der Waals surface area (Å²) in [6.07, 6.45) is 0. The van der Waals surface area contributed by atoms with Crippen LogP contribution in [-0.2, 0) is 6.54 Å². The summed E-state index contributed by atoms with van der Waals surface area (Å²) in [7, 11) is 0. The monoisotopic (exact) mass is 383 g/mol. The molecule has 1 fully saturated rings. The van der Waals surface area contributed by atoms with Gasteiger partial charge in [0.05, 0.1) is 6.54 Å². The first-order valence-electron chi connectivity index (χ1n) is 9.62. The predicted octanol–water partition coefficient (Wildman–Crippen LogP) is 3.79. The fourth-order valence-corrected chi connectivity index (χ4v) is 3.37. The van der Waals surface area contributed by atoms with E-state index in [2.05, 4.69) is 11.8 Å². The van der Waals surface area contributed by atoms with E-state index in [-0.39, 0.29) is 17.6 Å². The number of benzene rings is 2. The smallest absolute Gasteiger partial charge is 0.322 e. The highest BCUT2D eigenvalue weighted by Crippen LogP contribution is 2.21. The van der Waals surface area contributed by atoms with Crippen molar-refractivity contribution in [2.75, 3.05) is 37.6 Å². The standard InChI is InChI=1S/C22H26FN3O2/c1-3-24-11-13-25(14-12-24)22(28)26(21-6-4-5-20(23)15-21)16-18-7-9-19(10-8-18)17(2)27/h4-10,15H,3,11-14,16H2,1-2H3. The van der Waals surface area contributed by atoms with E-state index in [0.29, 0.717) is 30.9 Å². The van der Waals surface area contributed by atoms with Gasteiger partial charge in [0.2, 0.25) is 0 Å². The normalized spacial score (nSPS) is 14.8. The molecule has 0 radical (unpaired) electrons. The Morgan fingerprint density at radius 1 is 1.04 bits per heavy atom. The Morgan fingerprint density at radius 3 is 2.29 bits per heavy atom. The minimum Gasteiger partial charge on any atom is -0.322 e. The number of Topliss-reactive ketones (excluding diaryl/α,β-unsaturated/α-hetero) is 1. The first-order valence-corrected chi connectivity index (χ1v) is 9.62. The second-order valence-electron chi connectivity index (χ2n) is 7.02. The van der Waals surface area contributed by atoms with Crippen LogP contribution in [-0.4, -0.2) is 54.3 Å². The Kier molecular flexibility index (Phi) is 6.41. The molecule has 0 aliphatic carbocycles. The highest BCUT2D eigenvalue weighted by Gasteiger charge is 2.26. The minimum atomic E-state index is -0.377. The third kappa shape index (κ3) is 4.75. The quantitative estimate of drug-likeness (QED) is 0.738. The van der Waals surface area contributed by atoms with E-state index in [9.17, 15) is 14.0 Å². The van der Waals surface area contributed by atoms with Crippen molar-refractivity contribution in [3.63, 3.8) is 0 Å². The zero-order valence-electron chi connectivity index (χ0n) is 16.4. The van der Waals surface area contributed by atoms with Gasteiger partial charge in [0.1, 0.15) is 5.82 Å². The number of halogens is 1. The Balaban J connectivity index is 1.83. The molecule has 0 spiro atoms. The number of carbonyl (C=O) groups is 2. The van der Waals surface area contributed by atoms with Crippen LogP contribution in [0.5, 0.6) is 0 Å². The minimum absolute atomic E-state index is 0.00147. The largest absolute Gasteiger partial charge is 0.324 e. The number of ketones is 1. The van der Waals surface area contributed by atoms with E-state index >= 15 is 0 Å². The predicted molar refractivity (Wildman–Crippen MR) is 108 cm³/mol. The van der Waals surface area contributed by atoms with E-state index in [1.807, 2.05) is 17.0 Å². The van der Waals surface area contributed by atoms with Crippen LogP contribution in [0.1, 0.15) is 29.8 Å². The van der Waals surface area contributed by atoms with Gasteiger partial charge in [0, 0.05) is 37.4 Å². The summed E-state index contributed by atoms with van der Waals surface area (Å²) < 4.78 is 13.8. The zero-order valence-corrected chi connectivity index (χ0v) is 16.4. The van der Waals surface area contributed by atoms with Gasteiger partial charge in [-0.15, -0.1) is 0 Å². The van der Waals surface area contributed by atoms with Crippen molar-refractivity contribution < 1.29 is 14.0 Å². The van der Waals surface area contributed by atoms with Crippen molar-refractivity contribution in [2.45, 2.75) is 20.4 Å². The van der Waals surface area contributed by atoms with Crippen LogP contribution in [0.4, 0.5) is 14.9 Å². The first-order chi connectivity index (χ1) is 13.5. The van der Waals surface area contributed by atoms with Gasteiger partial charge in [-0.1, -0.05) is 37.3 Å². The number of nitrogens with zero attached hydrogens (tertiary/aromatic N) is 3. The lowest BCUT2D eigenvalue weighted by Gasteiger charge is -2.37. The molecule has 2 aromatic carbocycles. The zero-order chi connectivity index (χ0) is 20.1. The van der Waals surface area contributed by atoms with Crippen LogP contribution < -0.4 is 4.90 Å². The van der Waals surface area contributed by atoms with E-state index in [1.165, 1.54) is 19.1 Å². The summed E-state index contributed by atoms with van der Waals surface area (Å²) in [5, 5.41) is 0. The first kappa shape index (κ1) is 20.0. The van der Waals surface area contributed by atoms with E-state index in [1.54, 1.807) is 29.2 Å². The molecule has 148 valence electrons. The lowest BCUT2D eigenvalue weighted by atomic mass is 10.1. The third-order valence-electron chi connectivity index (χ3n) is 5.14. The van der Waals surface area contributed by atoms with Crippen LogP contribution in [0.25, 0.3) is 0 Å². The van der Waals surface area contributed by atoms with Crippen LogP contribution in [0, 0.1) is 5.82 Å². The lowest BCUT2D eigenvalue weighted by Crippen LogP contribution is -2.52. The fourth-order valence-electron chi connectivity index (χ4n) is 3.37. The van der Waals surface area contributed by atoms with Gasteiger partial charge < -0.3 is 9.80 Å². The summed E-state index contributed by atoms with van der Waals surface area (Å²) in [6, 6.07) is 13.2. The van der Waals surface area contributed by atoms with Crippen LogP contribution in [0.2, 0.25) is 0 Å². The molecular formula is C22H26FN3O2. The highest BCUT2D eigenvalue weighted by molar-refractivity contribution is 5.94. The summed E-state index contributed by atoms with van der Waals surface area (Å²) in [5.41, 5.74) is 2.04. The summed E-state index contributed by atoms with van der Waals surface area (Å²) in [4.78, 5) is 30.5. The molecule has 5 nitrogen and oxygen atoms in total. The number of hydrogen-bond donors (Lipinski definition) is 0. The van der Waals surface area contributed by atoms with Crippen molar-refractivity contribution >= 4 is 17.5 Å². The second kappa shape index (κ2) is 8.97. The maximum Gasteiger partial charge on any atom is 0.324 e. The molecule has 1 saturated heterocycles. The molecule has 6 heteroatoms. The number of amides is 2. The maximum absolute atomic E-state index is 13.8.